The molecule has 0 radical (unpaired) electrons. The molecule has 1 aliphatic rings. The minimum Gasteiger partial charge on any atom is -0.445 e. The average molecular weight is 637 g/mol. The van der Waals surface area contributed by atoms with Crippen molar-refractivity contribution in [2.45, 2.75) is 25.6 Å². The normalized spacial score (nSPS) is 15.3. The lowest BCUT2D eigenvalue weighted by Gasteiger charge is -2.40. The van der Waals surface area contributed by atoms with Gasteiger partial charge < -0.3 is 18.3 Å². The van der Waals surface area contributed by atoms with Gasteiger partial charge in [0.2, 0.25) is 11.8 Å². The molecule has 232 valence electrons. The maximum atomic E-state index is 12.7. The SMILES string of the molecule is FC(F)(F)c1ccc(/C=C/c2nc(COCC3(COCc4coc(/C=C/c5ccc(C(F)(F)F)cc5)n4)CSC3)co2)cc1. The highest BCUT2D eigenvalue weighted by Gasteiger charge is 2.38. The molecule has 6 nitrogen and oxygen atoms in total. The number of aromatic nitrogens is 2. The predicted molar refractivity (Wildman–Crippen MR) is 153 cm³/mol. The lowest BCUT2D eigenvalue weighted by molar-refractivity contribution is -0.138. The molecule has 0 bridgehead atoms. The molecule has 3 heterocycles. The molecule has 0 aliphatic carbocycles. The Morgan fingerprint density at radius 1 is 0.659 bits per heavy atom. The highest BCUT2D eigenvalue weighted by atomic mass is 32.2. The summed E-state index contributed by atoms with van der Waals surface area (Å²) in [4.78, 5) is 8.67. The van der Waals surface area contributed by atoms with Crippen molar-refractivity contribution in [1.29, 1.82) is 0 Å². The number of ether oxygens (including phenoxy) is 2. The maximum Gasteiger partial charge on any atom is 0.416 e. The number of oxazole rings is 2. The molecular formula is C31H26F6N2O4S. The zero-order valence-corrected chi connectivity index (χ0v) is 23.8. The number of thioether (sulfide) groups is 1. The van der Waals surface area contributed by atoms with Crippen molar-refractivity contribution in [1.82, 2.24) is 9.97 Å². The number of hydrogen-bond acceptors (Lipinski definition) is 7. The van der Waals surface area contributed by atoms with Crippen LogP contribution in [0.1, 0.15) is 45.4 Å². The first-order valence-electron chi connectivity index (χ1n) is 13.3. The van der Waals surface area contributed by atoms with Crippen molar-refractivity contribution in [3.8, 4) is 0 Å². The van der Waals surface area contributed by atoms with Gasteiger partial charge in [0.1, 0.15) is 23.9 Å². The van der Waals surface area contributed by atoms with E-state index in [9.17, 15) is 26.3 Å². The lowest BCUT2D eigenvalue weighted by Crippen LogP contribution is -2.44. The fourth-order valence-electron chi connectivity index (χ4n) is 4.18. The Labute approximate surface area is 252 Å². The Bertz CT molecular complexity index is 1460. The van der Waals surface area contributed by atoms with Crippen LogP contribution < -0.4 is 0 Å². The van der Waals surface area contributed by atoms with Gasteiger partial charge in [-0.15, -0.1) is 0 Å². The van der Waals surface area contributed by atoms with E-state index in [1.165, 1.54) is 36.8 Å². The van der Waals surface area contributed by atoms with Crippen molar-refractivity contribution in [3.05, 3.63) is 106 Å². The summed E-state index contributed by atoms with van der Waals surface area (Å²) in [6.45, 7) is 1.34. The Hall–Kier alpha value is -3.81. The molecule has 13 heteroatoms. The summed E-state index contributed by atoms with van der Waals surface area (Å²) in [6, 6.07) is 9.55. The smallest absolute Gasteiger partial charge is 0.416 e. The molecule has 0 amide bonds. The summed E-state index contributed by atoms with van der Waals surface area (Å²) in [5.41, 5.74) is 0.740. The summed E-state index contributed by atoms with van der Waals surface area (Å²) >= 11 is 1.79. The molecule has 0 N–H and O–H groups in total. The number of rotatable bonds is 12. The van der Waals surface area contributed by atoms with E-state index in [-0.39, 0.29) is 18.6 Å². The van der Waals surface area contributed by atoms with Crippen molar-refractivity contribution >= 4 is 36.1 Å². The molecule has 1 aliphatic heterocycles. The van der Waals surface area contributed by atoms with Crippen LogP contribution in [0.3, 0.4) is 0 Å². The number of nitrogens with zero attached hydrogens (tertiary/aromatic N) is 2. The molecule has 2 aromatic carbocycles. The molecule has 44 heavy (non-hydrogen) atoms. The van der Waals surface area contributed by atoms with Crippen molar-refractivity contribution in [2.24, 2.45) is 5.41 Å². The minimum absolute atomic E-state index is 0.158. The Balaban J connectivity index is 1.04. The first-order valence-corrected chi connectivity index (χ1v) is 14.5. The molecule has 5 rings (SSSR count). The third kappa shape index (κ3) is 8.64. The second-order valence-electron chi connectivity index (χ2n) is 10.2. The molecule has 0 unspecified atom stereocenters. The van der Waals surface area contributed by atoms with Crippen LogP contribution in [0.25, 0.3) is 24.3 Å². The van der Waals surface area contributed by atoms with Gasteiger partial charge in [0, 0.05) is 29.1 Å². The second-order valence-corrected chi connectivity index (χ2v) is 11.2. The maximum absolute atomic E-state index is 12.7. The second kappa shape index (κ2) is 13.4. The number of benzene rings is 2. The number of alkyl halides is 6. The topological polar surface area (TPSA) is 70.5 Å². The Morgan fingerprint density at radius 2 is 1.07 bits per heavy atom. The highest BCUT2D eigenvalue weighted by Crippen LogP contribution is 2.39. The van der Waals surface area contributed by atoms with Crippen LogP contribution in [-0.2, 0) is 35.0 Å². The molecule has 0 atom stereocenters. The van der Waals surface area contributed by atoms with E-state index in [4.69, 9.17) is 18.3 Å². The standard InChI is InChI=1S/C31H26F6N2O4S/c32-30(33,34)23-7-1-21(2-8-23)5-11-27-38-25(15-42-27)13-40-17-29(19-44-20-29)18-41-14-26-16-43-28(39-26)12-6-22-3-9-24(10-4-22)31(35,36)37/h1-12,15-16H,13-14,17-20H2/b11-5+,12-6+. The molecule has 2 aromatic heterocycles. The van der Waals surface area contributed by atoms with Gasteiger partial charge in [-0.3, -0.25) is 0 Å². The van der Waals surface area contributed by atoms with Gasteiger partial charge in [0.05, 0.1) is 37.6 Å². The summed E-state index contributed by atoms with van der Waals surface area (Å²) in [5.74, 6) is 2.35. The fourth-order valence-corrected chi connectivity index (χ4v) is 5.29. The van der Waals surface area contributed by atoms with Crippen molar-refractivity contribution in [3.63, 3.8) is 0 Å². The van der Waals surface area contributed by atoms with E-state index in [1.807, 2.05) is 0 Å². The van der Waals surface area contributed by atoms with E-state index >= 15 is 0 Å². The van der Waals surface area contributed by atoms with Gasteiger partial charge in [-0.1, -0.05) is 24.3 Å². The van der Waals surface area contributed by atoms with E-state index in [2.05, 4.69) is 9.97 Å². The first-order chi connectivity index (χ1) is 21.0. The van der Waals surface area contributed by atoms with Gasteiger partial charge >= 0.3 is 12.4 Å². The highest BCUT2D eigenvalue weighted by molar-refractivity contribution is 8.00. The number of halogens is 6. The average Bonchev–Trinajstić information content (AvgIpc) is 3.62. The van der Waals surface area contributed by atoms with Crippen LogP contribution in [0.15, 0.2) is 69.9 Å². The van der Waals surface area contributed by atoms with Crippen LogP contribution >= 0.6 is 11.8 Å². The van der Waals surface area contributed by atoms with Crippen LogP contribution in [-0.4, -0.2) is 34.7 Å². The first kappa shape index (κ1) is 31.6. The summed E-state index contributed by atoms with van der Waals surface area (Å²) in [7, 11) is 0. The third-order valence-electron chi connectivity index (χ3n) is 6.58. The van der Waals surface area contributed by atoms with Crippen LogP contribution in [0.4, 0.5) is 26.3 Å². The van der Waals surface area contributed by atoms with Crippen molar-refractivity contribution < 1.29 is 44.7 Å². The molecule has 1 fully saturated rings. The minimum atomic E-state index is -4.38. The van der Waals surface area contributed by atoms with Crippen LogP contribution in [0.5, 0.6) is 0 Å². The zero-order chi connectivity index (χ0) is 31.2. The molecule has 0 spiro atoms. The Kier molecular flexibility index (Phi) is 9.66. The number of hydrogen-bond donors (Lipinski definition) is 0. The van der Waals surface area contributed by atoms with Crippen molar-refractivity contribution in [2.75, 3.05) is 24.7 Å². The van der Waals surface area contributed by atoms with Gasteiger partial charge in [0.15, 0.2) is 0 Å². The zero-order valence-electron chi connectivity index (χ0n) is 23.0. The quantitative estimate of drug-likeness (QED) is 0.144. The van der Waals surface area contributed by atoms with E-state index in [1.54, 1.807) is 36.1 Å². The molecule has 0 saturated carbocycles. The monoisotopic (exact) mass is 636 g/mol. The predicted octanol–water partition coefficient (Wildman–Crippen LogP) is 8.51. The fraction of sp³-hybridized carbons (Fsp3) is 0.290. The summed E-state index contributed by atoms with van der Waals surface area (Å²) in [6.07, 6.45) is 0.551. The summed E-state index contributed by atoms with van der Waals surface area (Å²) < 4.78 is 98.9. The lowest BCUT2D eigenvalue weighted by atomic mass is 9.94. The Morgan fingerprint density at radius 3 is 1.41 bits per heavy atom. The van der Waals surface area contributed by atoms with E-state index in [0.717, 1.165) is 35.8 Å². The third-order valence-corrected chi connectivity index (χ3v) is 8.22. The van der Waals surface area contributed by atoms with Crippen LogP contribution in [0, 0.1) is 5.41 Å². The van der Waals surface area contributed by atoms with Gasteiger partial charge in [-0.05, 0) is 47.5 Å². The van der Waals surface area contributed by atoms with Gasteiger partial charge in [0.25, 0.3) is 0 Å². The molecular weight excluding hydrogens is 610 g/mol. The molecule has 4 aromatic rings. The summed E-state index contributed by atoms with van der Waals surface area (Å²) in [5, 5.41) is 0. The largest absolute Gasteiger partial charge is 0.445 e. The van der Waals surface area contributed by atoms with E-state index < -0.39 is 23.5 Å². The van der Waals surface area contributed by atoms with Crippen LogP contribution in [0.2, 0.25) is 0 Å². The van der Waals surface area contributed by atoms with Gasteiger partial charge in [-0.2, -0.15) is 38.1 Å². The van der Waals surface area contributed by atoms with E-state index in [0.29, 0.717) is 47.5 Å². The van der Waals surface area contributed by atoms with Gasteiger partial charge in [-0.25, -0.2) is 9.97 Å². The molecule has 1 saturated heterocycles.